The van der Waals surface area contributed by atoms with Gasteiger partial charge in [0.15, 0.2) is 6.61 Å². The average Bonchev–Trinajstić information content (AvgIpc) is 3.16. The molecule has 0 bridgehead atoms. The molecule has 5 nitrogen and oxygen atoms in total. The molecule has 1 amide bonds. The fraction of sp³-hybridized carbons (Fsp3) is 0.400. The van der Waals surface area contributed by atoms with Crippen LogP contribution in [0.3, 0.4) is 0 Å². The van der Waals surface area contributed by atoms with Crippen LogP contribution >= 0.6 is 0 Å². The van der Waals surface area contributed by atoms with Crippen LogP contribution in [0.4, 0.5) is 4.39 Å². The standard InChI is InChI=1S/C20H22FNO4/c21-16-8-6-15(7-9-16)17-10-11-18(26-17)20(24)25-13-19(23)22-12-14-4-2-1-3-5-14/h6-11,14H,1-5,12-13H2,(H,22,23). The summed E-state index contributed by atoms with van der Waals surface area (Å²) in [4.78, 5) is 23.8. The molecule has 1 heterocycles. The Morgan fingerprint density at radius 2 is 1.81 bits per heavy atom. The van der Waals surface area contributed by atoms with E-state index in [1.165, 1.54) is 37.5 Å². The van der Waals surface area contributed by atoms with E-state index in [2.05, 4.69) is 5.32 Å². The molecule has 1 aliphatic carbocycles. The Morgan fingerprint density at radius 1 is 1.08 bits per heavy atom. The van der Waals surface area contributed by atoms with Gasteiger partial charge in [-0.05, 0) is 55.2 Å². The molecule has 6 heteroatoms. The van der Waals surface area contributed by atoms with Gasteiger partial charge in [0.1, 0.15) is 11.6 Å². The van der Waals surface area contributed by atoms with Gasteiger partial charge in [0.2, 0.25) is 5.76 Å². The van der Waals surface area contributed by atoms with Crippen molar-refractivity contribution in [2.75, 3.05) is 13.2 Å². The Bertz CT molecular complexity index is 747. The molecule has 138 valence electrons. The summed E-state index contributed by atoms with van der Waals surface area (Å²) < 4.78 is 23.4. The second-order valence-electron chi connectivity index (χ2n) is 6.56. The van der Waals surface area contributed by atoms with Gasteiger partial charge in [-0.15, -0.1) is 0 Å². The van der Waals surface area contributed by atoms with Crippen molar-refractivity contribution in [1.29, 1.82) is 0 Å². The highest BCUT2D eigenvalue weighted by Crippen LogP contribution is 2.23. The van der Waals surface area contributed by atoms with E-state index in [4.69, 9.17) is 9.15 Å². The van der Waals surface area contributed by atoms with E-state index in [0.29, 0.717) is 23.8 Å². The van der Waals surface area contributed by atoms with Gasteiger partial charge in [-0.3, -0.25) is 4.79 Å². The number of rotatable bonds is 6. The van der Waals surface area contributed by atoms with Crippen LogP contribution in [0, 0.1) is 11.7 Å². The van der Waals surface area contributed by atoms with E-state index in [1.807, 2.05) is 0 Å². The molecule has 26 heavy (non-hydrogen) atoms. The number of esters is 1. The smallest absolute Gasteiger partial charge is 0.374 e. The number of carbonyl (C=O) groups excluding carboxylic acids is 2. The summed E-state index contributed by atoms with van der Waals surface area (Å²) in [6.45, 7) is 0.296. The number of carbonyl (C=O) groups is 2. The number of amides is 1. The molecular weight excluding hydrogens is 337 g/mol. The lowest BCUT2D eigenvalue weighted by Gasteiger charge is -2.21. The minimum Gasteiger partial charge on any atom is -0.450 e. The van der Waals surface area contributed by atoms with E-state index in [0.717, 1.165) is 12.8 Å². The summed E-state index contributed by atoms with van der Waals surface area (Å²) in [5.41, 5.74) is 0.649. The zero-order valence-corrected chi connectivity index (χ0v) is 14.5. The molecule has 0 aliphatic heterocycles. The highest BCUT2D eigenvalue weighted by atomic mass is 19.1. The number of ether oxygens (including phenoxy) is 1. The van der Waals surface area contributed by atoms with Gasteiger partial charge in [-0.25, -0.2) is 9.18 Å². The van der Waals surface area contributed by atoms with Crippen LogP contribution in [0.5, 0.6) is 0 Å². The molecule has 1 fully saturated rings. The lowest BCUT2D eigenvalue weighted by molar-refractivity contribution is -0.124. The Hall–Kier alpha value is -2.63. The molecular formula is C20H22FNO4. The first-order valence-corrected chi connectivity index (χ1v) is 8.91. The van der Waals surface area contributed by atoms with Crippen molar-refractivity contribution in [2.45, 2.75) is 32.1 Å². The van der Waals surface area contributed by atoms with Gasteiger partial charge in [0.05, 0.1) is 0 Å². The highest BCUT2D eigenvalue weighted by molar-refractivity contribution is 5.89. The third-order valence-corrected chi connectivity index (χ3v) is 4.58. The van der Waals surface area contributed by atoms with Gasteiger partial charge in [-0.1, -0.05) is 19.3 Å². The van der Waals surface area contributed by atoms with Crippen molar-refractivity contribution >= 4 is 11.9 Å². The quantitative estimate of drug-likeness (QED) is 0.793. The highest BCUT2D eigenvalue weighted by Gasteiger charge is 2.17. The average molecular weight is 359 g/mol. The van der Waals surface area contributed by atoms with Crippen LogP contribution in [0.25, 0.3) is 11.3 Å². The predicted molar refractivity (Wildman–Crippen MR) is 94.0 cm³/mol. The van der Waals surface area contributed by atoms with Crippen molar-refractivity contribution in [2.24, 2.45) is 5.92 Å². The second kappa shape index (κ2) is 8.65. The van der Waals surface area contributed by atoms with E-state index in [1.54, 1.807) is 18.2 Å². The van der Waals surface area contributed by atoms with Gasteiger partial charge in [0, 0.05) is 12.1 Å². The maximum atomic E-state index is 13.0. The van der Waals surface area contributed by atoms with Crippen LogP contribution in [0.2, 0.25) is 0 Å². The van der Waals surface area contributed by atoms with Gasteiger partial charge >= 0.3 is 5.97 Å². The second-order valence-corrected chi connectivity index (χ2v) is 6.56. The molecule has 3 rings (SSSR count). The SMILES string of the molecule is O=C(COC(=O)c1ccc(-c2ccc(F)cc2)o1)NCC1CCCCC1. The zero-order chi connectivity index (χ0) is 18.4. The maximum absolute atomic E-state index is 13.0. The molecule has 1 N–H and O–H groups in total. The maximum Gasteiger partial charge on any atom is 0.374 e. The number of hydrogen-bond acceptors (Lipinski definition) is 4. The fourth-order valence-corrected chi connectivity index (χ4v) is 3.12. The number of furan rings is 1. The van der Waals surface area contributed by atoms with E-state index in [-0.39, 0.29) is 24.1 Å². The van der Waals surface area contributed by atoms with Gasteiger partial charge < -0.3 is 14.5 Å². The van der Waals surface area contributed by atoms with Gasteiger partial charge in [-0.2, -0.15) is 0 Å². The molecule has 0 saturated heterocycles. The first kappa shape index (κ1) is 18.2. The molecule has 1 aromatic heterocycles. The molecule has 2 aromatic rings. The molecule has 0 atom stereocenters. The molecule has 1 saturated carbocycles. The Labute approximate surface area is 151 Å². The third-order valence-electron chi connectivity index (χ3n) is 4.58. The summed E-state index contributed by atoms with van der Waals surface area (Å²) in [7, 11) is 0. The molecule has 1 aliphatic rings. The summed E-state index contributed by atoms with van der Waals surface area (Å²) in [6, 6.07) is 8.82. The minimum atomic E-state index is -0.703. The Balaban J connectivity index is 1.46. The lowest BCUT2D eigenvalue weighted by atomic mass is 9.89. The summed E-state index contributed by atoms with van der Waals surface area (Å²) in [5.74, 6) is -0.408. The monoisotopic (exact) mass is 359 g/mol. The molecule has 1 aromatic carbocycles. The number of nitrogens with one attached hydrogen (secondary N) is 1. The summed E-state index contributed by atoms with van der Waals surface area (Å²) >= 11 is 0. The normalized spacial score (nSPS) is 14.8. The van der Waals surface area contributed by atoms with Crippen LogP contribution in [-0.4, -0.2) is 25.0 Å². The van der Waals surface area contributed by atoms with Crippen molar-refractivity contribution in [3.63, 3.8) is 0 Å². The minimum absolute atomic E-state index is 0.00408. The Morgan fingerprint density at radius 3 is 2.54 bits per heavy atom. The zero-order valence-electron chi connectivity index (χ0n) is 14.5. The largest absolute Gasteiger partial charge is 0.450 e. The van der Waals surface area contributed by atoms with Crippen molar-refractivity contribution < 1.29 is 23.1 Å². The Kier molecular flexibility index (Phi) is 6.04. The third kappa shape index (κ3) is 4.94. The van der Waals surface area contributed by atoms with Crippen LogP contribution in [0.15, 0.2) is 40.8 Å². The van der Waals surface area contributed by atoms with Crippen LogP contribution < -0.4 is 5.32 Å². The number of hydrogen-bond donors (Lipinski definition) is 1. The summed E-state index contributed by atoms with van der Waals surface area (Å²) in [5, 5.41) is 2.81. The van der Waals surface area contributed by atoms with Gasteiger partial charge in [0.25, 0.3) is 5.91 Å². The lowest BCUT2D eigenvalue weighted by Crippen LogP contribution is -2.33. The fourth-order valence-electron chi connectivity index (χ4n) is 3.12. The van der Waals surface area contributed by atoms with Crippen molar-refractivity contribution in [1.82, 2.24) is 5.32 Å². The van der Waals surface area contributed by atoms with Crippen molar-refractivity contribution in [3.05, 3.63) is 48.0 Å². The van der Waals surface area contributed by atoms with E-state index >= 15 is 0 Å². The molecule has 0 radical (unpaired) electrons. The number of halogens is 1. The first-order valence-electron chi connectivity index (χ1n) is 8.91. The predicted octanol–water partition coefficient (Wildman–Crippen LogP) is 3.94. The number of benzene rings is 1. The van der Waals surface area contributed by atoms with Crippen molar-refractivity contribution in [3.8, 4) is 11.3 Å². The molecule has 0 spiro atoms. The topological polar surface area (TPSA) is 68.5 Å². The van der Waals surface area contributed by atoms with Crippen LogP contribution in [-0.2, 0) is 9.53 Å². The molecule has 0 unspecified atom stereocenters. The van der Waals surface area contributed by atoms with E-state index in [9.17, 15) is 14.0 Å². The summed E-state index contributed by atoms with van der Waals surface area (Å²) in [6.07, 6.45) is 5.97. The first-order chi connectivity index (χ1) is 12.6. The van der Waals surface area contributed by atoms with Crippen LogP contribution in [0.1, 0.15) is 42.7 Å². The van der Waals surface area contributed by atoms with E-state index < -0.39 is 5.97 Å².